The molecular formula is C8H15N5. The molecule has 0 saturated carbocycles. The van der Waals surface area contributed by atoms with E-state index in [1.807, 2.05) is 4.68 Å². The van der Waals surface area contributed by atoms with E-state index in [0.29, 0.717) is 12.1 Å². The number of tetrazole rings is 1. The average molecular weight is 181 g/mol. The molecule has 1 N–H and O–H groups in total. The van der Waals surface area contributed by atoms with Crippen molar-refractivity contribution in [2.75, 3.05) is 5.32 Å². The first kappa shape index (κ1) is 8.47. The maximum absolute atomic E-state index is 3.97. The van der Waals surface area contributed by atoms with Gasteiger partial charge in [-0.05, 0) is 29.7 Å². The van der Waals surface area contributed by atoms with Gasteiger partial charge in [0.1, 0.15) is 0 Å². The SMILES string of the molecule is CCC1CC(CC)n2nnnc2N1. The lowest BCUT2D eigenvalue weighted by molar-refractivity contribution is 0.356. The van der Waals surface area contributed by atoms with Gasteiger partial charge < -0.3 is 5.32 Å². The maximum Gasteiger partial charge on any atom is 0.243 e. The van der Waals surface area contributed by atoms with Crippen LogP contribution in [0.4, 0.5) is 5.95 Å². The van der Waals surface area contributed by atoms with Crippen molar-refractivity contribution < 1.29 is 0 Å². The first-order valence-electron chi connectivity index (χ1n) is 4.89. The summed E-state index contributed by atoms with van der Waals surface area (Å²) in [6.45, 7) is 4.36. The topological polar surface area (TPSA) is 55.6 Å². The van der Waals surface area contributed by atoms with Gasteiger partial charge in [0.2, 0.25) is 5.95 Å². The zero-order valence-electron chi connectivity index (χ0n) is 8.06. The molecule has 0 aromatic carbocycles. The summed E-state index contributed by atoms with van der Waals surface area (Å²) >= 11 is 0. The molecule has 1 aliphatic rings. The van der Waals surface area contributed by atoms with Crippen molar-refractivity contribution in [3.8, 4) is 0 Å². The van der Waals surface area contributed by atoms with E-state index in [9.17, 15) is 0 Å². The Morgan fingerprint density at radius 3 is 3.00 bits per heavy atom. The Balaban J connectivity index is 2.25. The minimum atomic E-state index is 0.469. The van der Waals surface area contributed by atoms with Crippen molar-refractivity contribution in [1.82, 2.24) is 20.2 Å². The van der Waals surface area contributed by atoms with Crippen LogP contribution in [0.25, 0.3) is 0 Å². The van der Waals surface area contributed by atoms with Gasteiger partial charge in [-0.15, -0.1) is 0 Å². The van der Waals surface area contributed by atoms with E-state index in [0.717, 1.165) is 25.2 Å². The molecule has 1 aromatic heterocycles. The van der Waals surface area contributed by atoms with Gasteiger partial charge in [0, 0.05) is 6.04 Å². The Kier molecular flexibility index (Phi) is 2.16. The van der Waals surface area contributed by atoms with Gasteiger partial charge in [0.15, 0.2) is 0 Å². The van der Waals surface area contributed by atoms with E-state index < -0.39 is 0 Å². The number of fused-ring (bicyclic) bond motifs is 1. The Bertz CT molecular complexity index is 282. The summed E-state index contributed by atoms with van der Waals surface area (Å²) in [6, 6.07) is 1.000. The molecule has 0 fully saturated rings. The molecule has 0 amide bonds. The number of nitrogens with one attached hydrogen (secondary N) is 1. The molecule has 2 heterocycles. The minimum absolute atomic E-state index is 0.469. The first-order valence-corrected chi connectivity index (χ1v) is 4.89. The number of aromatic nitrogens is 4. The third-order valence-electron chi connectivity index (χ3n) is 2.69. The second-order valence-electron chi connectivity index (χ2n) is 3.49. The normalized spacial score (nSPS) is 26.6. The predicted molar refractivity (Wildman–Crippen MR) is 49.5 cm³/mol. The van der Waals surface area contributed by atoms with Crippen LogP contribution < -0.4 is 5.32 Å². The second kappa shape index (κ2) is 3.32. The second-order valence-corrected chi connectivity index (χ2v) is 3.49. The van der Waals surface area contributed by atoms with Gasteiger partial charge in [0.05, 0.1) is 6.04 Å². The van der Waals surface area contributed by atoms with Crippen LogP contribution >= 0.6 is 0 Å². The third-order valence-corrected chi connectivity index (χ3v) is 2.69. The molecule has 0 aliphatic carbocycles. The van der Waals surface area contributed by atoms with Crippen LogP contribution in [0.2, 0.25) is 0 Å². The van der Waals surface area contributed by atoms with Crippen molar-refractivity contribution >= 4 is 5.95 Å². The highest BCUT2D eigenvalue weighted by atomic mass is 15.6. The van der Waals surface area contributed by atoms with Crippen molar-refractivity contribution in [3.05, 3.63) is 0 Å². The molecule has 1 aliphatic heterocycles. The van der Waals surface area contributed by atoms with E-state index in [1.165, 1.54) is 0 Å². The van der Waals surface area contributed by atoms with Gasteiger partial charge in [0.25, 0.3) is 0 Å². The lowest BCUT2D eigenvalue weighted by Gasteiger charge is -2.28. The Morgan fingerprint density at radius 2 is 2.31 bits per heavy atom. The lowest BCUT2D eigenvalue weighted by Crippen LogP contribution is -2.31. The van der Waals surface area contributed by atoms with Gasteiger partial charge in [-0.2, -0.15) is 0 Å². The highest BCUT2D eigenvalue weighted by Gasteiger charge is 2.25. The first-order chi connectivity index (χ1) is 6.35. The average Bonchev–Trinajstić information content (AvgIpc) is 2.63. The van der Waals surface area contributed by atoms with Crippen LogP contribution in [0.1, 0.15) is 39.2 Å². The van der Waals surface area contributed by atoms with E-state index in [2.05, 4.69) is 34.7 Å². The van der Waals surface area contributed by atoms with Crippen LogP contribution in [0.5, 0.6) is 0 Å². The fourth-order valence-corrected chi connectivity index (χ4v) is 1.81. The van der Waals surface area contributed by atoms with E-state index >= 15 is 0 Å². The van der Waals surface area contributed by atoms with Crippen LogP contribution in [0.15, 0.2) is 0 Å². The smallest absolute Gasteiger partial charge is 0.243 e. The number of hydrogen-bond acceptors (Lipinski definition) is 4. The molecule has 1 aromatic rings. The third kappa shape index (κ3) is 1.38. The number of hydrogen-bond donors (Lipinski definition) is 1. The zero-order chi connectivity index (χ0) is 9.26. The molecule has 5 heteroatoms. The Labute approximate surface area is 77.5 Å². The summed E-state index contributed by atoms with van der Waals surface area (Å²) in [5, 5.41) is 14.9. The highest BCUT2D eigenvalue weighted by molar-refractivity contribution is 5.27. The molecular weight excluding hydrogens is 166 g/mol. The molecule has 5 nitrogen and oxygen atoms in total. The van der Waals surface area contributed by atoms with Crippen LogP contribution in [-0.2, 0) is 0 Å². The quantitative estimate of drug-likeness (QED) is 0.745. The fraction of sp³-hybridized carbons (Fsp3) is 0.875. The standard InChI is InChI=1S/C8H15N5/c1-3-6-5-7(4-2)13-8(9-6)10-11-12-13/h6-7H,3-5H2,1-2H3,(H,9,10,12). The van der Waals surface area contributed by atoms with Crippen molar-refractivity contribution in [1.29, 1.82) is 0 Å². The summed E-state index contributed by atoms with van der Waals surface area (Å²) in [6.07, 6.45) is 3.35. The van der Waals surface area contributed by atoms with Crippen LogP contribution in [0, 0.1) is 0 Å². The van der Waals surface area contributed by atoms with Gasteiger partial charge in [-0.25, -0.2) is 4.68 Å². The van der Waals surface area contributed by atoms with Gasteiger partial charge in [-0.1, -0.05) is 18.9 Å². The number of nitrogens with zero attached hydrogens (tertiary/aromatic N) is 4. The minimum Gasteiger partial charge on any atom is -0.350 e. The summed E-state index contributed by atoms with van der Waals surface area (Å²) in [4.78, 5) is 0. The molecule has 72 valence electrons. The van der Waals surface area contributed by atoms with Crippen molar-refractivity contribution in [3.63, 3.8) is 0 Å². The van der Waals surface area contributed by atoms with Crippen molar-refractivity contribution in [2.24, 2.45) is 0 Å². The van der Waals surface area contributed by atoms with Gasteiger partial charge in [-0.3, -0.25) is 0 Å². The van der Waals surface area contributed by atoms with E-state index in [1.54, 1.807) is 0 Å². The molecule has 0 radical (unpaired) electrons. The molecule has 13 heavy (non-hydrogen) atoms. The predicted octanol–water partition coefficient (Wildman–Crippen LogP) is 1.22. The summed E-state index contributed by atoms with van der Waals surface area (Å²) in [5.74, 6) is 0.824. The zero-order valence-corrected chi connectivity index (χ0v) is 8.06. The fourth-order valence-electron chi connectivity index (χ4n) is 1.81. The number of rotatable bonds is 2. The summed E-state index contributed by atoms with van der Waals surface area (Å²) in [5.41, 5.74) is 0. The van der Waals surface area contributed by atoms with Crippen LogP contribution in [0.3, 0.4) is 0 Å². The van der Waals surface area contributed by atoms with E-state index in [-0.39, 0.29) is 0 Å². The van der Waals surface area contributed by atoms with Crippen LogP contribution in [-0.4, -0.2) is 26.2 Å². The monoisotopic (exact) mass is 181 g/mol. The highest BCUT2D eigenvalue weighted by Crippen LogP contribution is 2.27. The summed E-state index contributed by atoms with van der Waals surface area (Å²) in [7, 11) is 0. The molecule has 2 unspecified atom stereocenters. The Morgan fingerprint density at radius 1 is 1.46 bits per heavy atom. The molecule has 0 bridgehead atoms. The van der Waals surface area contributed by atoms with E-state index in [4.69, 9.17) is 0 Å². The Hall–Kier alpha value is -1.13. The molecule has 0 spiro atoms. The van der Waals surface area contributed by atoms with Crippen molar-refractivity contribution in [2.45, 2.75) is 45.2 Å². The molecule has 2 rings (SSSR count). The largest absolute Gasteiger partial charge is 0.350 e. The lowest BCUT2D eigenvalue weighted by atomic mass is 10.0. The maximum atomic E-state index is 3.97. The molecule has 2 atom stereocenters. The van der Waals surface area contributed by atoms with Gasteiger partial charge >= 0.3 is 0 Å². The number of anilines is 1. The summed E-state index contributed by atoms with van der Waals surface area (Å²) < 4.78 is 1.90. The molecule has 0 saturated heterocycles.